The van der Waals surface area contributed by atoms with E-state index in [9.17, 15) is 17.2 Å². The molecule has 1 saturated heterocycles. The molecule has 0 unspecified atom stereocenters. The molecule has 4 nitrogen and oxygen atoms in total. The topological polar surface area (TPSA) is 40.6 Å². The van der Waals surface area contributed by atoms with Gasteiger partial charge in [-0.25, -0.2) is 17.2 Å². The van der Waals surface area contributed by atoms with Crippen LogP contribution in [0, 0.1) is 11.6 Å². The van der Waals surface area contributed by atoms with Crippen LogP contribution in [0.2, 0.25) is 0 Å². The van der Waals surface area contributed by atoms with Gasteiger partial charge in [0.25, 0.3) is 0 Å². The van der Waals surface area contributed by atoms with Gasteiger partial charge in [-0.2, -0.15) is 4.31 Å². The Labute approximate surface area is 130 Å². The van der Waals surface area contributed by atoms with Crippen molar-refractivity contribution < 1.29 is 17.2 Å². The number of nitrogens with zero attached hydrogens (tertiary/aromatic N) is 2. The fourth-order valence-corrected chi connectivity index (χ4v) is 4.09. The van der Waals surface area contributed by atoms with Gasteiger partial charge >= 0.3 is 0 Å². The van der Waals surface area contributed by atoms with Crippen LogP contribution in [0.25, 0.3) is 0 Å². The van der Waals surface area contributed by atoms with Gasteiger partial charge in [0, 0.05) is 26.2 Å². The Kier molecular flexibility index (Phi) is 5.88. The molecule has 124 valence electrons. The number of piperazine rings is 1. The third-order valence-corrected chi connectivity index (χ3v) is 5.83. The highest BCUT2D eigenvalue weighted by atomic mass is 32.2. The smallest absolute Gasteiger partial charge is 0.246 e. The molecule has 7 heteroatoms. The van der Waals surface area contributed by atoms with Crippen LogP contribution in [-0.4, -0.2) is 50.3 Å². The second-order valence-corrected chi connectivity index (χ2v) is 7.43. The van der Waals surface area contributed by atoms with Gasteiger partial charge in [0.1, 0.15) is 16.5 Å². The number of unbranched alkanes of at least 4 members (excludes halogenated alkanes) is 2. The van der Waals surface area contributed by atoms with Gasteiger partial charge in [-0.1, -0.05) is 19.8 Å². The molecule has 0 atom stereocenters. The van der Waals surface area contributed by atoms with Crippen LogP contribution in [0.15, 0.2) is 23.1 Å². The number of sulfonamides is 1. The van der Waals surface area contributed by atoms with Crippen LogP contribution < -0.4 is 0 Å². The first-order valence-electron chi connectivity index (χ1n) is 7.62. The van der Waals surface area contributed by atoms with E-state index in [1.165, 1.54) is 4.31 Å². The number of rotatable bonds is 6. The third-order valence-electron chi connectivity index (χ3n) is 3.92. The van der Waals surface area contributed by atoms with Gasteiger partial charge in [0.05, 0.1) is 0 Å². The van der Waals surface area contributed by atoms with E-state index in [1.807, 2.05) is 0 Å². The summed E-state index contributed by atoms with van der Waals surface area (Å²) < 4.78 is 53.0. The first-order valence-corrected chi connectivity index (χ1v) is 9.06. The fraction of sp³-hybridized carbons (Fsp3) is 0.600. The summed E-state index contributed by atoms with van der Waals surface area (Å²) in [6, 6.07) is 2.52. The predicted molar refractivity (Wildman–Crippen MR) is 81.1 cm³/mol. The Balaban J connectivity index is 2.02. The molecule has 0 N–H and O–H groups in total. The maximum absolute atomic E-state index is 13.7. The van der Waals surface area contributed by atoms with E-state index in [1.54, 1.807) is 0 Å². The van der Waals surface area contributed by atoms with Gasteiger partial charge in [-0.3, -0.25) is 0 Å². The quantitative estimate of drug-likeness (QED) is 0.752. The average molecular weight is 332 g/mol. The maximum Gasteiger partial charge on any atom is 0.246 e. The van der Waals surface area contributed by atoms with Gasteiger partial charge in [0.15, 0.2) is 0 Å². The van der Waals surface area contributed by atoms with Crippen LogP contribution >= 0.6 is 0 Å². The van der Waals surface area contributed by atoms with Crippen molar-refractivity contribution in [2.75, 3.05) is 32.7 Å². The summed E-state index contributed by atoms with van der Waals surface area (Å²) in [6.45, 7) is 4.96. The normalized spacial score (nSPS) is 17.8. The summed E-state index contributed by atoms with van der Waals surface area (Å²) >= 11 is 0. The summed E-state index contributed by atoms with van der Waals surface area (Å²) in [4.78, 5) is 1.64. The fourth-order valence-electron chi connectivity index (χ4n) is 2.59. The Hall–Kier alpha value is -1.05. The lowest BCUT2D eigenvalue weighted by Crippen LogP contribution is -2.48. The van der Waals surface area contributed by atoms with Crippen molar-refractivity contribution in [3.8, 4) is 0 Å². The minimum absolute atomic E-state index is 0.310. The van der Waals surface area contributed by atoms with Crippen LogP contribution in [0.4, 0.5) is 8.78 Å². The number of benzene rings is 1. The molecule has 1 aromatic carbocycles. The highest BCUT2D eigenvalue weighted by Gasteiger charge is 2.30. The summed E-state index contributed by atoms with van der Waals surface area (Å²) in [7, 11) is -3.97. The van der Waals surface area contributed by atoms with E-state index in [4.69, 9.17) is 0 Å². The lowest BCUT2D eigenvalue weighted by Gasteiger charge is -2.34. The first-order chi connectivity index (χ1) is 10.4. The van der Waals surface area contributed by atoms with Gasteiger partial charge in [0.2, 0.25) is 10.0 Å². The van der Waals surface area contributed by atoms with Crippen molar-refractivity contribution in [2.24, 2.45) is 0 Å². The Morgan fingerprint density at radius 2 is 1.77 bits per heavy atom. The molecule has 0 bridgehead atoms. The SMILES string of the molecule is CCCCCN1CCN(S(=O)(=O)c2cc(F)ccc2F)CC1. The summed E-state index contributed by atoms with van der Waals surface area (Å²) in [6.07, 6.45) is 3.40. The zero-order valence-electron chi connectivity index (χ0n) is 12.8. The Morgan fingerprint density at radius 1 is 1.09 bits per heavy atom. The molecule has 0 aliphatic carbocycles. The van der Waals surface area contributed by atoms with E-state index >= 15 is 0 Å². The van der Waals surface area contributed by atoms with E-state index in [-0.39, 0.29) is 0 Å². The zero-order valence-corrected chi connectivity index (χ0v) is 13.6. The molecular weight excluding hydrogens is 310 g/mol. The second-order valence-electron chi connectivity index (χ2n) is 5.53. The standard InChI is InChI=1S/C15H22F2N2O2S/c1-2-3-4-7-18-8-10-19(11-9-18)22(20,21)15-12-13(16)5-6-14(15)17/h5-6,12H,2-4,7-11H2,1H3. The molecule has 22 heavy (non-hydrogen) atoms. The van der Waals surface area contributed by atoms with Crippen LogP contribution in [0.3, 0.4) is 0 Å². The van der Waals surface area contributed by atoms with Gasteiger partial charge < -0.3 is 4.90 Å². The molecule has 1 fully saturated rings. The van der Waals surface area contributed by atoms with Gasteiger partial charge in [-0.05, 0) is 31.2 Å². The molecule has 0 spiro atoms. The van der Waals surface area contributed by atoms with Crippen molar-refractivity contribution in [1.82, 2.24) is 9.21 Å². The number of hydrogen-bond acceptors (Lipinski definition) is 3. The average Bonchev–Trinajstić information content (AvgIpc) is 2.50. The van der Waals surface area contributed by atoms with E-state index < -0.39 is 26.6 Å². The minimum atomic E-state index is -3.97. The van der Waals surface area contributed by atoms with Crippen LogP contribution in [-0.2, 0) is 10.0 Å². The summed E-state index contributed by atoms with van der Waals surface area (Å²) in [5, 5.41) is 0. The molecule has 1 aliphatic rings. The van der Waals surface area contributed by atoms with Crippen molar-refractivity contribution in [3.63, 3.8) is 0 Å². The second kappa shape index (κ2) is 7.48. The molecule has 0 aromatic heterocycles. The van der Waals surface area contributed by atoms with Crippen molar-refractivity contribution in [2.45, 2.75) is 31.1 Å². The third kappa shape index (κ3) is 4.02. The number of halogens is 2. The highest BCUT2D eigenvalue weighted by Crippen LogP contribution is 2.21. The largest absolute Gasteiger partial charge is 0.301 e. The number of hydrogen-bond donors (Lipinski definition) is 0. The monoisotopic (exact) mass is 332 g/mol. The molecular formula is C15H22F2N2O2S. The molecule has 2 rings (SSSR count). The first kappa shape index (κ1) is 17.3. The minimum Gasteiger partial charge on any atom is -0.301 e. The van der Waals surface area contributed by atoms with Crippen molar-refractivity contribution in [3.05, 3.63) is 29.8 Å². The zero-order chi connectivity index (χ0) is 16.2. The Bertz CT molecular complexity index is 600. The summed E-state index contributed by atoms with van der Waals surface area (Å²) in [5.74, 6) is -1.66. The lowest BCUT2D eigenvalue weighted by molar-refractivity contribution is 0.185. The Morgan fingerprint density at radius 3 is 2.41 bits per heavy atom. The van der Waals surface area contributed by atoms with E-state index in [0.29, 0.717) is 26.2 Å². The molecule has 1 aliphatic heterocycles. The van der Waals surface area contributed by atoms with Crippen LogP contribution in [0.1, 0.15) is 26.2 Å². The molecule has 1 aromatic rings. The molecule has 0 saturated carbocycles. The van der Waals surface area contributed by atoms with E-state index in [2.05, 4.69) is 11.8 Å². The van der Waals surface area contributed by atoms with E-state index in [0.717, 1.165) is 44.0 Å². The molecule has 0 radical (unpaired) electrons. The van der Waals surface area contributed by atoms with Crippen LogP contribution in [0.5, 0.6) is 0 Å². The molecule has 1 heterocycles. The van der Waals surface area contributed by atoms with Crippen molar-refractivity contribution >= 4 is 10.0 Å². The summed E-state index contributed by atoms with van der Waals surface area (Å²) in [5.41, 5.74) is 0. The predicted octanol–water partition coefficient (Wildman–Crippen LogP) is 2.46. The maximum atomic E-state index is 13.7. The van der Waals surface area contributed by atoms with Gasteiger partial charge in [-0.15, -0.1) is 0 Å². The van der Waals surface area contributed by atoms with Crippen molar-refractivity contribution in [1.29, 1.82) is 0 Å². The molecule has 0 amide bonds. The lowest BCUT2D eigenvalue weighted by atomic mass is 10.2. The highest BCUT2D eigenvalue weighted by molar-refractivity contribution is 7.89.